The van der Waals surface area contributed by atoms with Gasteiger partial charge in [0, 0.05) is 18.3 Å². The highest BCUT2D eigenvalue weighted by atomic mass is 79.9. The van der Waals surface area contributed by atoms with Gasteiger partial charge in [0.15, 0.2) is 0 Å². The lowest BCUT2D eigenvalue weighted by molar-refractivity contribution is 0.410. The molecule has 0 unspecified atom stereocenters. The van der Waals surface area contributed by atoms with Crippen LogP contribution < -0.4 is 4.90 Å². The Labute approximate surface area is 110 Å². The van der Waals surface area contributed by atoms with Gasteiger partial charge in [0.1, 0.15) is 5.82 Å². The van der Waals surface area contributed by atoms with E-state index in [-0.39, 0.29) is 0 Å². The maximum atomic E-state index is 5.92. The van der Waals surface area contributed by atoms with Crippen molar-refractivity contribution in [1.82, 2.24) is 4.98 Å². The largest absolute Gasteiger partial charge is 0.350 e. The molecule has 1 aromatic rings. The lowest BCUT2D eigenvalue weighted by Gasteiger charge is -2.40. The third kappa shape index (κ3) is 2.35. The van der Waals surface area contributed by atoms with Gasteiger partial charge in [-0.2, -0.15) is 0 Å². The minimum Gasteiger partial charge on any atom is -0.350 e. The van der Waals surface area contributed by atoms with E-state index in [9.17, 15) is 0 Å². The quantitative estimate of drug-likeness (QED) is 0.770. The van der Waals surface area contributed by atoms with Crippen molar-refractivity contribution in [2.24, 2.45) is 0 Å². The summed E-state index contributed by atoms with van der Waals surface area (Å²) in [4.78, 5) is 6.84. The SMILES string of the molecule is C[C@@H]1CCC[C@H](C)N1c1ncc(Cl)cc1Br. The van der Waals surface area contributed by atoms with Crippen LogP contribution in [-0.4, -0.2) is 17.1 Å². The van der Waals surface area contributed by atoms with E-state index in [2.05, 4.69) is 39.7 Å². The summed E-state index contributed by atoms with van der Waals surface area (Å²) in [6.07, 6.45) is 5.50. The summed E-state index contributed by atoms with van der Waals surface area (Å²) in [6.45, 7) is 4.52. The average molecular weight is 304 g/mol. The Bertz CT molecular complexity index is 373. The second-order valence-corrected chi connectivity index (χ2v) is 5.79. The van der Waals surface area contributed by atoms with E-state index in [0.29, 0.717) is 17.1 Å². The molecule has 1 saturated heterocycles. The smallest absolute Gasteiger partial charge is 0.143 e. The van der Waals surface area contributed by atoms with Crippen LogP contribution in [0.4, 0.5) is 5.82 Å². The number of hydrogen-bond donors (Lipinski definition) is 0. The van der Waals surface area contributed by atoms with Gasteiger partial charge in [-0.15, -0.1) is 0 Å². The molecule has 1 aromatic heterocycles. The molecule has 2 nitrogen and oxygen atoms in total. The maximum Gasteiger partial charge on any atom is 0.143 e. The van der Waals surface area contributed by atoms with Crippen LogP contribution in [0.15, 0.2) is 16.7 Å². The van der Waals surface area contributed by atoms with Gasteiger partial charge in [0.05, 0.1) is 9.50 Å². The van der Waals surface area contributed by atoms with E-state index in [1.807, 2.05) is 6.07 Å². The third-order valence-corrected chi connectivity index (χ3v) is 4.02. The van der Waals surface area contributed by atoms with E-state index in [1.54, 1.807) is 6.20 Å². The molecule has 16 heavy (non-hydrogen) atoms. The van der Waals surface area contributed by atoms with Crippen molar-refractivity contribution in [2.45, 2.75) is 45.2 Å². The monoisotopic (exact) mass is 302 g/mol. The van der Waals surface area contributed by atoms with Gasteiger partial charge in [-0.25, -0.2) is 4.98 Å². The highest BCUT2D eigenvalue weighted by Crippen LogP contribution is 2.33. The first-order valence-corrected chi connectivity index (χ1v) is 6.86. The molecule has 88 valence electrons. The third-order valence-electron chi connectivity index (χ3n) is 3.23. The molecule has 0 saturated carbocycles. The zero-order chi connectivity index (χ0) is 11.7. The molecule has 4 heteroatoms. The van der Waals surface area contributed by atoms with Crippen molar-refractivity contribution in [2.75, 3.05) is 4.90 Å². The van der Waals surface area contributed by atoms with Gasteiger partial charge in [-0.1, -0.05) is 11.6 Å². The van der Waals surface area contributed by atoms with Crippen molar-refractivity contribution >= 4 is 33.3 Å². The summed E-state index contributed by atoms with van der Waals surface area (Å²) in [6, 6.07) is 3.01. The fourth-order valence-electron chi connectivity index (χ4n) is 2.44. The predicted molar refractivity (Wildman–Crippen MR) is 72.2 cm³/mol. The second-order valence-electron chi connectivity index (χ2n) is 4.50. The fraction of sp³-hybridized carbons (Fsp3) is 0.583. The van der Waals surface area contributed by atoms with Crippen molar-refractivity contribution in [1.29, 1.82) is 0 Å². The van der Waals surface area contributed by atoms with Gasteiger partial charge in [0.2, 0.25) is 0 Å². The van der Waals surface area contributed by atoms with Gasteiger partial charge >= 0.3 is 0 Å². The Hall–Kier alpha value is -0.280. The normalized spacial score (nSPS) is 25.9. The van der Waals surface area contributed by atoms with Gasteiger partial charge < -0.3 is 4.90 Å². The molecule has 0 amide bonds. The van der Waals surface area contributed by atoms with Crippen LogP contribution in [0.2, 0.25) is 5.02 Å². The summed E-state index contributed by atoms with van der Waals surface area (Å²) >= 11 is 9.47. The Morgan fingerprint density at radius 1 is 1.38 bits per heavy atom. The second kappa shape index (κ2) is 4.92. The van der Waals surface area contributed by atoms with E-state index >= 15 is 0 Å². The summed E-state index contributed by atoms with van der Waals surface area (Å²) in [5, 5.41) is 0.674. The Kier molecular flexibility index (Phi) is 3.75. The molecule has 2 heterocycles. The molecule has 2 atom stereocenters. The molecule has 0 bridgehead atoms. The standard InChI is InChI=1S/C12H16BrClN2/c1-8-4-3-5-9(2)16(8)12-11(13)6-10(14)7-15-12/h6-9H,3-5H2,1-2H3/t8-,9+. The molecule has 2 rings (SSSR count). The minimum absolute atomic E-state index is 0.550. The molecule has 0 spiro atoms. The molecule has 0 radical (unpaired) electrons. The Morgan fingerprint density at radius 3 is 2.56 bits per heavy atom. The molecule has 1 fully saturated rings. The van der Waals surface area contributed by atoms with Crippen LogP contribution >= 0.6 is 27.5 Å². The van der Waals surface area contributed by atoms with Crippen LogP contribution in [0.3, 0.4) is 0 Å². The highest BCUT2D eigenvalue weighted by Gasteiger charge is 2.27. The van der Waals surface area contributed by atoms with Gasteiger partial charge in [0.25, 0.3) is 0 Å². The topological polar surface area (TPSA) is 16.1 Å². The summed E-state index contributed by atoms with van der Waals surface area (Å²) < 4.78 is 0.987. The van der Waals surface area contributed by atoms with Gasteiger partial charge in [-0.05, 0) is 55.1 Å². The molecular weight excluding hydrogens is 288 g/mol. The number of piperidine rings is 1. The molecule has 0 aliphatic carbocycles. The molecule has 1 aliphatic rings. The van der Waals surface area contributed by atoms with Crippen LogP contribution in [0.1, 0.15) is 33.1 Å². The summed E-state index contributed by atoms with van der Waals surface area (Å²) in [5.41, 5.74) is 0. The van der Waals surface area contributed by atoms with Crippen molar-refractivity contribution in [3.05, 3.63) is 21.8 Å². The van der Waals surface area contributed by atoms with Crippen LogP contribution in [0.25, 0.3) is 0 Å². The van der Waals surface area contributed by atoms with E-state index < -0.39 is 0 Å². The molecule has 0 aromatic carbocycles. The highest BCUT2D eigenvalue weighted by molar-refractivity contribution is 9.10. The van der Waals surface area contributed by atoms with Crippen molar-refractivity contribution in [3.63, 3.8) is 0 Å². The number of pyridine rings is 1. The lowest BCUT2D eigenvalue weighted by atomic mass is 9.97. The number of halogens is 2. The van der Waals surface area contributed by atoms with Crippen molar-refractivity contribution < 1.29 is 0 Å². The lowest BCUT2D eigenvalue weighted by Crippen LogP contribution is -2.44. The number of hydrogen-bond acceptors (Lipinski definition) is 2. The van der Waals surface area contributed by atoms with Crippen molar-refractivity contribution in [3.8, 4) is 0 Å². The van der Waals surface area contributed by atoms with E-state index in [0.717, 1.165) is 10.3 Å². The summed E-state index contributed by atoms with van der Waals surface area (Å²) in [7, 11) is 0. The number of rotatable bonds is 1. The van der Waals surface area contributed by atoms with Crippen LogP contribution in [0.5, 0.6) is 0 Å². The van der Waals surface area contributed by atoms with Crippen LogP contribution in [-0.2, 0) is 0 Å². The Balaban J connectivity index is 2.34. The number of anilines is 1. The Morgan fingerprint density at radius 2 is 2.00 bits per heavy atom. The maximum absolute atomic E-state index is 5.92. The van der Waals surface area contributed by atoms with E-state index in [4.69, 9.17) is 11.6 Å². The predicted octanol–water partition coefficient (Wildman–Crippen LogP) is 4.26. The zero-order valence-electron chi connectivity index (χ0n) is 9.58. The first kappa shape index (κ1) is 12.2. The summed E-state index contributed by atoms with van der Waals surface area (Å²) in [5.74, 6) is 1.02. The number of nitrogens with zero attached hydrogens (tertiary/aromatic N) is 2. The van der Waals surface area contributed by atoms with Gasteiger partial charge in [-0.3, -0.25) is 0 Å². The fourth-order valence-corrected chi connectivity index (χ4v) is 3.28. The molecule has 0 N–H and O–H groups in total. The minimum atomic E-state index is 0.550. The first-order valence-electron chi connectivity index (χ1n) is 5.69. The van der Waals surface area contributed by atoms with E-state index in [1.165, 1.54) is 19.3 Å². The number of aromatic nitrogens is 1. The average Bonchev–Trinajstić information content (AvgIpc) is 2.20. The van der Waals surface area contributed by atoms with Crippen LogP contribution in [0, 0.1) is 0 Å². The molecule has 1 aliphatic heterocycles. The molecular formula is C12H16BrClN2. The first-order chi connectivity index (χ1) is 7.59. The zero-order valence-corrected chi connectivity index (χ0v) is 11.9.